The van der Waals surface area contributed by atoms with Gasteiger partial charge in [0, 0.05) is 23.9 Å². The van der Waals surface area contributed by atoms with Crippen LogP contribution in [0.5, 0.6) is 0 Å². The Bertz CT molecular complexity index is 576. The lowest BCUT2D eigenvalue weighted by atomic mass is 10.0. The lowest BCUT2D eigenvalue weighted by Crippen LogP contribution is -2.05. The minimum Gasteiger partial charge on any atom is -0.370 e. The second-order valence-electron chi connectivity index (χ2n) is 5.20. The van der Waals surface area contributed by atoms with Crippen LogP contribution in [-0.4, -0.2) is 16.5 Å². The number of aryl methyl sites for hydroxylation is 1. The Balaban J connectivity index is 2.54. The third-order valence-electron chi connectivity index (χ3n) is 3.33. The number of aromatic nitrogens is 2. The van der Waals surface area contributed by atoms with Gasteiger partial charge in [-0.1, -0.05) is 45.0 Å². The Labute approximate surface area is 121 Å². The predicted molar refractivity (Wildman–Crippen MR) is 85.1 cm³/mol. The number of hydrogen-bond donors (Lipinski definition) is 1. The number of hydrogen-bond acceptors (Lipinski definition) is 3. The van der Waals surface area contributed by atoms with Crippen molar-refractivity contribution < 1.29 is 0 Å². The fourth-order valence-electron chi connectivity index (χ4n) is 2.20. The molecular formula is C17H23N3. The summed E-state index contributed by atoms with van der Waals surface area (Å²) in [7, 11) is 0. The van der Waals surface area contributed by atoms with Crippen LogP contribution in [0.3, 0.4) is 0 Å². The minimum atomic E-state index is 0.392. The molecule has 2 rings (SSSR count). The van der Waals surface area contributed by atoms with Crippen LogP contribution < -0.4 is 5.32 Å². The molecule has 20 heavy (non-hydrogen) atoms. The molecule has 0 aliphatic heterocycles. The van der Waals surface area contributed by atoms with Crippen molar-refractivity contribution in [2.45, 2.75) is 40.0 Å². The van der Waals surface area contributed by atoms with Gasteiger partial charge < -0.3 is 5.32 Å². The van der Waals surface area contributed by atoms with Gasteiger partial charge in [0.2, 0.25) is 0 Å². The third-order valence-corrected chi connectivity index (χ3v) is 3.33. The normalized spacial score (nSPS) is 10.8. The summed E-state index contributed by atoms with van der Waals surface area (Å²) in [5.74, 6) is 2.12. The second kappa shape index (κ2) is 6.51. The Morgan fingerprint density at radius 2 is 1.85 bits per heavy atom. The zero-order valence-corrected chi connectivity index (χ0v) is 12.8. The first-order valence-electron chi connectivity index (χ1n) is 7.36. The summed E-state index contributed by atoms with van der Waals surface area (Å²) in [4.78, 5) is 9.41. The summed E-state index contributed by atoms with van der Waals surface area (Å²) in [5, 5.41) is 3.30. The van der Waals surface area contributed by atoms with Crippen molar-refractivity contribution in [2.75, 3.05) is 11.9 Å². The average molecular weight is 269 g/mol. The molecule has 0 radical (unpaired) electrons. The highest BCUT2D eigenvalue weighted by atomic mass is 15.0. The van der Waals surface area contributed by atoms with Gasteiger partial charge in [0.25, 0.3) is 0 Å². The van der Waals surface area contributed by atoms with Crippen LogP contribution >= 0.6 is 0 Å². The number of benzene rings is 1. The van der Waals surface area contributed by atoms with Crippen LogP contribution in [0.1, 0.15) is 44.9 Å². The van der Waals surface area contributed by atoms with Gasteiger partial charge in [-0.25, -0.2) is 9.97 Å². The maximum absolute atomic E-state index is 4.74. The van der Waals surface area contributed by atoms with Gasteiger partial charge in [0.15, 0.2) is 5.82 Å². The first-order chi connectivity index (χ1) is 9.65. The molecule has 0 bridgehead atoms. The number of nitrogens with zero attached hydrogens (tertiary/aromatic N) is 2. The van der Waals surface area contributed by atoms with Crippen molar-refractivity contribution in [3.63, 3.8) is 0 Å². The van der Waals surface area contributed by atoms with Crippen LogP contribution in [0.15, 0.2) is 30.3 Å². The summed E-state index contributed by atoms with van der Waals surface area (Å²) in [6.07, 6.45) is 0.988. The van der Waals surface area contributed by atoms with Crippen LogP contribution in [0.4, 0.5) is 5.82 Å². The molecule has 0 saturated carbocycles. The van der Waals surface area contributed by atoms with E-state index in [4.69, 9.17) is 4.98 Å². The zero-order chi connectivity index (χ0) is 14.5. The quantitative estimate of drug-likeness (QED) is 0.881. The molecule has 0 aliphatic rings. The molecule has 1 heterocycles. The van der Waals surface area contributed by atoms with E-state index in [1.165, 1.54) is 5.56 Å². The molecule has 0 spiro atoms. The maximum Gasteiger partial charge on any atom is 0.162 e. The van der Waals surface area contributed by atoms with E-state index in [1.807, 2.05) is 12.1 Å². The lowest BCUT2D eigenvalue weighted by molar-refractivity contribution is 0.816. The van der Waals surface area contributed by atoms with E-state index < -0.39 is 0 Å². The van der Waals surface area contributed by atoms with Gasteiger partial charge in [-0.15, -0.1) is 0 Å². The molecule has 3 heteroatoms. The largest absolute Gasteiger partial charge is 0.370 e. The predicted octanol–water partition coefficient (Wildman–Crippen LogP) is 4.26. The number of nitrogens with one attached hydrogen (secondary N) is 1. The van der Waals surface area contributed by atoms with Gasteiger partial charge in [0.1, 0.15) is 5.82 Å². The van der Waals surface area contributed by atoms with Crippen molar-refractivity contribution in [1.82, 2.24) is 9.97 Å². The summed E-state index contributed by atoms with van der Waals surface area (Å²) >= 11 is 0. The van der Waals surface area contributed by atoms with Gasteiger partial charge in [0.05, 0.1) is 0 Å². The minimum absolute atomic E-state index is 0.392. The smallest absolute Gasteiger partial charge is 0.162 e. The van der Waals surface area contributed by atoms with E-state index in [2.05, 4.69) is 56.2 Å². The standard InChI is InChI=1S/C17H23N3/c1-5-13-9-7-8-10-14(13)17-19-15(12(3)4)11-16(20-17)18-6-2/h7-12H,5-6H2,1-4H3,(H,18,19,20). The molecule has 0 aliphatic carbocycles. The van der Waals surface area contributed by atoms with Crippen LogP contribution in [0, 0.1) is 0 Å². The fourth-order valence-corrected chi connectivity index (χ4v) is 2.20. The Morgan fingerprint density at radius 1 is 1.10 bits per heavy atom. The topological polar surface area (TPSA) is 37.8 Å². The molecular weight excluding hydrogens is 246 g/mol. The molecule has 0 unspecified atom stereocenters. The van der Waals surface area contributed by atoms with Crippen molar-refractivity contribution in [3.05, 3.63) is 41.6 Å². The first-order valence-corrected chi connectivity index (χ1v) is 7.36. The second-order valence-corrected chi connectivity index (χ2v) is 5.20. The monoisotopic (exact) mass is 269 g/mol. The van der Waals surface area contributed by atoms with E-state index in [9.17, 15) is 0 Å². The molecule has 106 valence electrons. The molecule has 1 aromatic carbocycles. The van der Waals surface area contributed by atoms with Crippen LogP contribution in [0.25, 0.3) is 11.4 Å². The van der Waals surface area contributed by atoms with Gasteiger partial charge >= 0.3 is 0 Å². The Hall–Kier alpha value is -1.90. The van der Waals surface area contributed by atoms with Crippen LogP contribution in [-0.2, 0) is 6.42 Å². The van der Waals surface area contributed by atoms with Crippen molar-refractivity contribution >= 4 is 5.82 Å². The molecule has 0 fully saturated rings. The zero-order valence-electron chi connectivity index (χ0n) is 12.8. The highest BCUT2D eigenvalue weighted by Gasteiger charge is 2.11. The van der Waals surface area contributed by atoms with Gasteiger partial charge in [-0.2, -0.15) is 0 Å². The Morgan fingerprint density at radius 3 is 2.50 bits per heavy atom. The third kappa shape index (κ3) is 3.16. The van der Waals surface area contributed by atoms with Crippen LogP contribution in [0.2, 0.25) is 0 Å². The van der Waals surface area contributed by atoms with Gasteiger partial charge in [-0.05, 0) is 24.8 Å². The molecule has 2 aromatic rings. The summed E-state index contributed by atoms with van der Waals surface area (Å²) in [6.45, 7) is 9.43. The van der Waals surface area contributed by atoms with Gasteiger partial charge in [-0.3, -0.25) is 0 Å². The molecule has 0 saturated heterocycles. The molecule has 0 atom stereocenters. The lowest BCUT2D eigenvalue weighted by Gasteiger charge is -2.13. The maximum atomic E-state index is 4.74. The summed E-state index contributed by atoms with van der Waals surface area (Å²) in [5.41, 5.74) is 3.50. The van der Waals surface area contributed by atoms with E-state index in [0.717, 1.165) is 35.9 Å². The van der Waals surface area contributed by atoms with Crippen molar-refractivity contribution in [1.29, 1.82) is 0 Å². The highest BCUT2D eigenvalue weighted by Crippen LogP contribution is 2.24. The molecule has 1 aromatic heterocycles. The highest BCUT2D eigenvalue weighted by molar-refractivity contribution is 5.62. The number of rotatable bonds is 5. The fraction of sp³-hybridized carbons (Fsp3) is 0.412. The van der Waals surface area contributed by atoms with E-state index >= 15 is 0 Å². The Kier molecular flexibility index (Phi) is 4.72. The summed E-state index contributed by atoms with van der Waals surface area (Å²) < 4.78 is 0. The molecule has 3 nitrogen and oxygen atoms in total. The van der Waals surface area contributed by atoms with E-state index in [0.29, 0.717) is 5.92 Å². The average Bonchev–Trinajstić information content (AvgIpc) is 2.47. The number of anilines is 1. The molecule has 1 N–H and O–H groups in total. The van der Waals surface area contributed by atoms with E-state index in [-0.39, 0.29) is 0 Å². The summed E-state index contributed by atoms with van der Waals surface area (Å²) in [6, 6.07) is 10.4. The first kappa shape index (κ1) is 14.5. The van der Waals surface area contributed by atoms with E-state index in [1.54, 1.807) is 0 Å². The van der Waals surface area contributed by atoms with Crippen molar-refractivity contribution in [3.8, 4) is 11.4 Å². The van der Waals surface area contributed by atoms with Crippen molar-refractivity contribution in [2.24, 2.45) is 0 Å². The molecule has 0 amide bonds. The SMILES string of the molecule is CCNc1cc(C(C)C)nc(-c2ccccc2CC)n1.